The summed E-state index contributed by atoms with van der Waals surface area (Å²) in [5.74, 6) is 0.750. The molecule has 0 bridgehead atoms. The van der Waals surface area contributed by atoms with Gasteiger partial charge in [0.25, 0.3) is 0 Å². The van der Waals surface area contributed by atoms with Crippen molar-refractivity contribution in [2.45, 2.75) is 0 Å². The summed E-state index contributed by atoms with van der Waals surface area (Å²) in [5, 5.41) is 4.14. The van der Waals surface area contributed by atoms with Gasteiger partial charge in [-0.15, -0.1) is 11.3 Å². The minimum atomic E-state index is 0.750. The van der Waals surface area contributed by atoms with E-state index in [9.17, 15) is 0 Å². The molecule has 0 spiro atoms. The van der Waals surface area contributed by atoms with Gasteiger partial charge in [-0.2, -0.15) is 5.10 Å². The molecule has 5 nitrogen and oxygen atoms in total. The molecule has 0 radical (unpaired) electrons. The first-order valence-electron chi connectivity index (χ1n) is 5.58. The predicted molar refractivity (Wildman–Crippen MR) is 75.3 cm³/mol. The van der Waals surface area contributed by atoms with E-state index in [4.69, 9.17) is 4.42 Å². The largest absolute Gasteiger partial charge is 0.444 e. The molecule has 6 heteroatoms. The van der Waals surface area contributed by atoms with E-state index >= 15 is 0 Å². The van der Waals surface area contributed by atoms with Crippen molar-refractivity contribution in [3.8, 4) is 11.3 Å². The second kappa shape index (κ2) is 5.45. The van der Waals surface area contributed by atoms with E-state index in [1.807, 2.05) is 24.3 Å². The Morgan fingerprint density at radius 1 is 1.16 bits per heavy atom. The Hall–Kier alpha value is -2.47. The third kappa shape index (κ3) is 2.86. The molecule has 3 rings (SSSR count). The van der Waals surface area contributed by atoms with Crippen molar-refractivity contribution in [2.75, 3.05) is 5.43 Å². The number of nitrogens with zero attached hydrogens (tertiary/aromatic N) is 3. The van der Waals surface area contributed by atoms with Gasteiger partial charge in [0, 0.05) is 11.8 Å². The lowest BCUT2D eigenvalue weighted by Crippen LogP contribution is -1.89. The van der Waals surface area contributed by atoms with Crippen LogP contribution in [-0.2, 0) is 0 Å². The second-order valence-corrected chi connectivity index (χ2v) is 4.63. The minimum Gasteiger partial charge on any atom is -0.444 e. The van der Waals surface area contributed by atoms with Gasteiger partial charge in [0.05, 0.1) is 28.5 Å². The van der Waals surface area contributed by atoms with Crippen molar-refractivity contribution >= 4 is 23.2 Å². The molecule has 19 heavy (non-hydrogen) atoms. The van der Waals surface area contributed by atoms with Gasteiger partial charge in [0.2, 0.25) is 0 Å². The SMILES string of the molecule is C(=NNc1ccc(-c2cnco2)cc1)c1cncs1. The van der Waals surface area contributed by atoms with Gasteiger partial charge < -0.3 is 4.42 Å². The van der Waals surface area contributed by atoms with Crippen LogP contribution in [0.25, 0.3) is 11.3 Å². The average molecular weight is 270 g/mol. The zero-order valence-corrected chi connectivity index (χ0v) is 10.7. The summed E-state index contributed by atoms with van der Waals surface area (Å²) in [6.07, 6.45) is 6.61. The van der Waals surface area contributed by atoms with Crippen molar-refractivity contribution < 1.29 is 4.42 Å². The van der Waals surface area contributed by atoms with E-state index in [1.165, 1.54) is 17.7 Å². The fourth-order valence-corrected chi connectivity index (χ4v) is 2.01. The van der Waals surface area contributed by atoms with E-state index in [2.05, 4.69) is 20.5 Å². The number of anilines is 1. The van der Waals surface area contributed by atoms with Crippen LogP contribution in [0.3, 0.4) is 0 Å². The van der Waals surface area contributed by atoms with E-state index in [1.54, 1.807) is 24.1 Å². The third-order valence-electron chi connectivity index (χ3n) is 2.44. The second-order valence-electron chi connectivity index (χ2n) is 3.72. The summed E-state index contributed by atoms with van der Waals surface area (Å²) in [7, 11) is 0. The van der Waals surface area contributed by atoms with Crippen LogP contribution in [-0.4, -0.2) is 16.2 Å². The van der Waals surface area contributed by atoms with Crippen LogP contribution >= 0.6 is 11.3 Å². The van der Waals surface area contributed by atoms with Gasteiger partial charge in [-0.1, -0.05) is 0 Å². The Morgan fingerprint density at radius 3 is 2.74 bits per heavy atom. The zero-order valence-electron chi connectivity index (χ0n) is 9.85. The Labute approximate surface area is 113 Å². The summed E-state index contributed by atoms with van der Waals surface area (Å²) in [4.78, 5) is 8.86. The Bertz CT molecular complexity index is 645. The molecule has 0 aliphatic carbocycles. The van der Waals surface area contributed by atoms with Gasteiger partial charge >= 0.3 is 0 Å². The molecule has 0 fully saturated rings. The molecule has 2 heterocycles. The molecule has 0 atom stereocenters. The van der Waals surface area contributed by atoms with Crippen LogP contribution in [0.15, 0.2) is 58.1 Å². The number of hydrogen-bond acceptors (Lipinski definition) is 6. The average Bonchev–Trinajstić information content (AvgIpc) is 3.13. The smallest absolute Gasteiger partial charge is 0.181 e. The molecule has 2 aromatic heterocycles. The fraction of sp³-hybridized carbons (Fsp3) is 0. The molecule has 0 saturated heterocycles. The van der Waals surface area contributed by atoms with Crippen molar-refractivity contribution in [3.63, 3.8) is 0 Å². The van der Waals surface area contributed by atoms with Gasteiger partial charge in [-0.05, 0) is 24.3 Å². The number of hydrazone groups is 1. The first-order chi connectivity index (χ1) is 9.42. The molecule has 3 aromatic rings. The molecular formula is C13H10N4OS. The number of aromatic nitrogens is 2. The third-order valence-corrected chi connectivity index (χ3v) is 3.15. The quantitative estimate of drug-likeness (QED) is 0.584. The monoisotopic (exact) mass is 270 g/mol. The first-order valence-corrected chi connectivity index (χ1v) is 6.46. The maximum atomic E-state index is 5.22. The normalized spacial score (nSPS) is 10.9. The van der Waals surface area contributed by atoms with Gasteiger partial charge in [-0.3, -0.25) is 10.4 Å². The Kier molecular flexibility index (Phi) is 3.33. The van der Waals surface area contributed by atoms with Gasteiger partial charge in [0.15, 0.2) is 12.2 Å². The standard InChI is InChI=1S/C13H10N4OS/c1-3-11(17-16-6-12-5-15-9-19-12)4-2-10(1)13-7-14-8-18-13/h1-9,17H. The summed E-state index contributed by atoms with van der Waals surface area (Å²) in [6.45, 7) is 0. The molecular weight excluding hydrogens is 260 g/mol. The van der Waals surface area contributed by atoms with E-state index < -0.39 is 0 Å². The van der Waals surface area contributed by atoms with Gasteiger partial charge in [0.1, 0.15) is 0 Å². The van der Waals surface area contributed by atoms with E-state index in [0.29, 0.717) is 0 Å². The maximum Gasteiger partial charge on any atom is 0.181 e. The highest BCUT2D eigenvalue weighted by Crippen LogP contribution is 2.20. The number of benzene rings is 1. The van der Waals surface area contributed by atoms with E-state index in [0.717, 1.165) is 21.9 Å². The molecule has 0 amide bonds. The highest BCUT2D eigenvalue weighted by atomic mass is 32.1. The number of thiazole rings is 1. The lowest BCUT2D eigenvalue weighted by molar-refractivity contribution is 0.572. The topological polar surface area (TPSA) is 63.3 Å². The zero-order chi connectivity index (χ0) is 12.9. The first kappa shape index (κ1) is 11.6. The van der Waals surface area contributed by atoms with Crippen LogP contribution in [0, 0.1) is 0 Å². The van der Waals surface area contributed by atoms with Crippen molar-refractivity contribution in [2.24, 2.45) is 5.10 Å². The molecule has 0 unspecified atom stereocenters. The van der Waals surface area contributed by atoms with Gasteiger partial charge in [-0.25, -0.2) is 4.98 Å². The molecule has 1 aromatic carbocycles. The molecule has 0 aliphatic rings. The molecule has 1 N–H and O–H groups in total. The van der Waals surface area contributed by atoms with Crippen LogP contribution in [0.2, 0.25) is 0 Å². The molecule has 94 valence electrons. The summed E-state index contributed by atoms with van der Waals surface area (Å²) in [6, 6.07) is 7.76. The summed E-state index contributed by atoms with van der Waals surface area (Å²) < 4.78 is 5.22. The van der Waals surface area contributed by atoms with Crippen LogP contribution in [0.5, 0.6) is 0 Å². The summed E-state index contributed by atoms with van der Waals surface area (Å²) in [5.41, 5.74) is 6.62. The van der Waals surface area contributed by atoms with Crippen molar-refractivity contribution in [1.29, 1.82) is 0 Å². The van der Waals surface area contributed by atoms with Crippen molar-refractivity contribution in [3.05, 3.63) is 53.4 Å². The van der Waals surface area contributed by atoms with Crippen LogP contribution in [0.4, 0.5) is 5.69 Å². The lowest BCUT2D eigenvalue weighted by Gasteiger charge is -2.00. The highest BCUT2D eigenvalue weighted by molar-refractivity contribution is 7.11. The van der Waals surface area contributed by atoms with Crippen LogP contribution in [0.1, 0.15) is 4.88 Å². The fourth-order valence-electron chi connectivity index (χ4n) is 1.53. The summed E-state index contributed by atoms with van der Waals surface area (Å²) >= 11 is 1.54. The maximum absolute atomic E-state index is 5.22. The van der Waals surface area contributed by atoms with Crippen molar-refractivity contribution in [1.82, 2.24) is 9.97 Å². The minimum absolute atomic E-state index is 0.750. The predicted octanol–water partition coefficient (Wildman–Crippen LogP) is 3.24. The number of oxazole rings is 1. The molecule has 0 saturated carbocycles. The number of rotatable bonds is 4. The number of nitrogens with one attached hydrogen (secondary N) is 1. The number of hydrogen-bond donors (Lipinski definition) is 1. The Balaban J connectivity index is 1.66. The Morgan fingerprint density at radius 2 is 2.05 bits per heavy atom. The highest BCUT2D eigenvalue weighted by Gasteiger charge is 2.00. The van der Waals surface area contributed by atoms with Crippen LogP contribution < -0.4 is 5.43 Å². The van der Waals surface area contributed by atoms with E-state index in [-0.39, 0.29) is 0 Å². The molecule has 0 aliphatic heterocycles. The lowest BCUT2D eigenvalue weighted by atomic mass is 10.2.